The molecular weight excluding hydrogens is 270 g/mol. The van der Waals surface area contributed by atoms with Gasteiger partial charge in [-0.15, -0.1) is 11.6 Å². The molecule has 104 valence electrons. The lowest BCUT2D eigenvalue weighted by Gasteiger charge is -2.07. The molecule has 2 aromatic carbocycles. The van der Waals surface area contributed by atoms with Gasteiger partial charge in [-0.1, -0.05) is 30.3 Å². The van der Waals surface area contributed by atoms with Gasteiger partial charge in [-0.3, -0.25) is 4.79 Å². The first-order valence-corrected chi connectivity index (χ1v) is 7.13. The van der Waals surface area contributed by atoms with Crippen LogP contribution in [-0.4, -0.2) is 5.91 Å². The Morgan fingerprint density at radius 1 is 1.00 bits per heavy atom. The monoisotopic (exact) mass is 287 g/mol. The van der Waals surface area contributed by atoms with Gasteiger partial charge in [0.1, 0.15) is 0 Å². The largest absolute Gasteiger partial charge is 0.326 e. The Balaban J connectivity index is 1.99. The number of halogens is 1. The number of benzene rings is 2. The highest BCUT2D eigenvalue weighted by Crippen LogP contribution is 2.13. The molecule has 3 heteroatoms. The Morgan fingerprint density at radius 2 is 1.65 bits per heavy atom. The molecule has 0 aliphatic heterocycles. The van der Waals surface area contributed by atoms with Crippen molar-refractivity contribution in [2.45, 2.75) is 26.1 Å². The standard InChI is InChI=1S/C17H18ClNO/c1-12-3-4-15(9-13(12)2)10-17(20)19-16-7-5-14(11-18)6-8-16/h3-9H,10-11H2,1-2H3,(H,19,20). The molecule has 0 spiro atoms. The number of hydrogen-bond donors (Lipinski definition) is 1. The molecule has 0 aliphatic carbocycles. The molecule has 0 saturated heterocycles. The normalized spacial score (nSPS) is 10.3. The Bertz CT molecular complexity index is 605. The van der Waals surface area contributed by atoms with Crippen molar-refractivity contribution in [1.82, 2.24) is 0 Å². The highest BCUT2D eigenvalue weighted by Gasteiger charge is 2.05. The second-order valence-electron chi connectivity index (χ2n) is 4.97. The van der Waals surface area contributed by atoms with Crippen LogP contribution in [0.4, 0.5) is 5.69 Å². The van der Waals surface area contributed by atoms with Crippen LogP contribution >= 0.6 is 11.6 Å². The van der Waals surface area contributed by atoms with Crippen molar-refractivity contribution in [2.24, 2.45) is 0 Å². The molecule has 0 bridgehead atoms. The highest BCUT2D eigenvalue weighted by atomic mass is 35.5. The first-order chi connectivity index (χ1) is 9.58. The number of anilines is 1. The number of nitrogens with one attached hydrogen (secondary N) is 1. The Kier molecular flexibility index (Phi) is 4.80. The van der Waals surface area contributed by atoms with Gasteiger partial charge in [0.05, 0.1) is 6.42 Å². The van der Waals surface area contributed by atoms with E-state index in [1.54, 1.807) is 0 Å². The fourth-order valence-corrected chi connectivity index (χ4v) is 2.16. The third-order valence-corrected chi connectivity index (χ3v) is 3.64. The van der Waals surface area contributed by atoms with Crippen molar-refractivity contribution < 1.29 is 4.79 Å². The summed E-state index contributed by atoms with van der Waals surface area (Å²) in [7, 11) is 0. The Labute approximate surface area is 124 Å². The van der Waals surface area contributed by atoms with Crippen LogP contribution in [0.1, 0.15) is 22.3 Å². The fourth-order valence-electron chi connectivity index (χ4n) is 1.98. The van der Waals surface area contributed by atoms with Crippen molar-refractivity contribution in [3.63, 3.8) is 0 Å². The average Bonchev–Trinajstić information content (AvgIpc) is 2.44. The number of rotatable bonds is 4. The lowest BCUT2D eigenvalue weighted by molar-refractivity contribution is -0.115. The number of aryl methyl sites for hydroxylation is 2. The van der Waals surface area contributed by atoms with Crippen LogP contribution in [0.15, 0.2) is 42.5 Å². The number of alkyl halides is 1. The van der Waals surface area contributed by atoms with E-state index in [4.69, 9.17) is 11.6 Å². The lowest BCUT2D eigenvalue weighted by atomic mass is 10.0. The number of carbonyl (C=O) groups excluding carboxylic acids is 1. The van der Waals surface area contributed by atoms with Gasteiger partial charge in [0.2, 0.25) is 5.91 Å². The quantitative estimate of drug-likeness (QED) is 0.838. The van der Waals surface area contributed by atoms with Crippen LogP contribution in [0, 0.1) is 13.8 Å². The maximum Gasteiger partial charge on any atom is 0.228 e. The molecule has 0 aromatic heterocycles. The molecule has 2 rings (SSSR count). The van der Waals surface area contributed by atoms with E-state index in [0.29, 0.717) is 12.3 Å². The van der Waals surface area contributed by atoms with Crippen LogP contribution in [-0.2, 0) is 17.1 Å². The van der Waals surface area contributed by atoms with Gasteiger partial charge in [0.15, 0.2) is 0 Å². The second-order valence-corrected chi connectivity index (χ2v) is 5.24. The van der Waals surface area contributed by atoms with E-state index < -0.39 is 0 Å². The molecule has 0 aliphatic rings. The van der Waals surface area contributed by atoms with Gasteiger partial charge in [-0.25, -0.2) is 0 Å². The minimum absolute atomic E-state index is 0.00752. The summed E-state index contributed by atoms with van der Waals surface area (Å²) in [6.45, 7) is 4.12. The maximum absolute atomic E-state index is 12.0. The SMILES string of the molecule is Cc1ccc(CC(=O)Nc2ccc(CCl)cc2)cc1C. The van der Waals surface area contributed by atoms with E-state index in [9.17, 15) is 4.79 Å². The van der Waals surface area contributed by atoms with Gasteiger partial charge in [0, 0.05) is 11.6 Å². The van der Waals surface area contributed by atoms with E-state index in [-0.39, 0.29) is 5.91 Å². The average molecular weight is 288 g/mol. The van der Waals surface area contributed by atoms with Crippen LogP contribution in [0.5, 0.6) is 0 Å². The molecule has 0 radical (unpaired) electrons. The summed E-state index contributed by atoms with van der Waals surface area (Å²) in [5.74, 6) is 0.475. The Morgan fingerprint density at radius 3 is 2.25 bits per heavy atom. The van der Waals surface area contributed by atoms with Crippen molar-refractivity contribution in [3.05, 3.63) is 64.7 Å². The molecule has 2 nitrogen and oxygen atoms in total. The van der Waals surface area contributed by atoms with Crippen LogP contribution in [0.2, 0.25) is 0 Å². The minimum atomic E-state index is -0.00752. The van der Waals surface area contributed by atoms with Crippen molar-refractivity contribution in [1.29, 1.82) is 0 Å². The fraction of sp³-hybridized carbons (Fsp3) is 0.235. The van der Waals surface area contributed by atoms with Gasteiger partial charge < -0.3 is 5.32 Å². The molecule has 0 fully saturated rings. The molecule has 0 unspecified atom stereocenters. The third-order valence-electron chi connectivity index (χ3n) is 3.33. The first kappa shape index (κ1) is 14.6. The van der Waals surface area contributed by atoms with E-state index >= 15 is 0 Å². The number of amides is 1. The molecule has 0 saturated carbocycles. The van der Waals surface area contributed by atoms with Crippen molar-refractivity contribution >= 4 is 23.2 Å². The summed E-state index contributed by atoms with van der Waals surface area (Å²) in [4.78, 5) is 12.0. The molecule has 1 N–H and O–H groups in total. The summed E-state index contributed by atoms with van der Waals surface area (Å²) in [5.41, 5.74) is 5.32. The van der Waals surface area contributed by atoms with Crippen LogP contribution in [0.3, 0.4) is 0 Å². The predicted octanol–water partition coefficient (Wildman–Crippen LogP) is 4.22. The van der Waals surface area contributed by atoms with Gasteiger partial charge >= 0.3 is 0 Å². The highest BCUT2D eigenvalue weighted by molar-refractivity contribution is 6.17. The zero-order chi connectivity index (χ0) is 14.5. The van der Waals surface area contributed by atoms with Gasteiger partial charge in [0.25, 0.3) is 0 Å². The summed E-state index contributed by atoms with van der Waals surface area (Å²) in [6.07, 6.45) is 0.387. The molecular formula is C17H18ClNO. The number of hydrogen-bond acceptors (Lipinski definition) is 1. The summed E-state index contributed by atoms with van der Waals surface area (Å²) >= 11 is 5.73. The predicted molar refractivity (Wildman–Crippen MR) is 84.2 cm³/mol. The van der Waals surface area contributed by atoms with Gasteiger partial charge in [-0.05, 0) is 48.2 Å². The van der Waals surface area contributed by atoms with E-state index in [1.807, 2.05) is 36.4 Å². The first-order valence-electron chi connectivity index (χ1n) is 6.59. The zero-order valence-corrected chi connectivity index (χ0v) is 12.5. The summed E-state index contributed by atoms with van der Waals surface area (Å²) in [6, 6.07) is 13.7. The van der Waals surface area contributed by atoms with Crippen LogP contribution in [0.25, 0.3) is 0 Å². The number of carbonyl (C=O) groups is 1. The third kappa shape index (κ3) is 3.84. The smallest absolute Gasteiger partial charge is 0.228 e. The second kappa shape index (κ2) is 6.58. The Hall–Kier alpha value is -1.80. The zero-order valence-electron chi connectivity index (χ0n) is 11.7. The van der Waals surface area contributed by atoms with Gasteiger partial charge in [-0.2, -0.15) is 0 Å². The molecule has 0 heterocycles. The summed E-state index contributed by atoms with van der Waals surface area (Å²) < 4.78 is 0. The molecule has 0 atom stereocenters. The molecule has 1 amide bonds. The molecule has 20 heavy (non-hydrogen) atoms. The van der Waals surface area contributed by atoms with E-state index in [2.05, 4.69) is 25.2 Å². The van der Waals surface area contributed by atoms with E-state index in [1.165, 1.54) is 11.1 Å². The van der Waals surface area contributed by atoms with E-state index in [0.717, 1.165) is 16.8 Å². The van der Waals surface area contributed by atoms with Crippen LogP contribution < -0.4 is 5.32 Å². The van der Waals surface area contributed by atoms with Crippen molar-refractivity contribution in [2.75, 3.05) is 5.32 Å². The maximum atomic E-state index is 12.0. The summed E-state index contributed by atoms with van der Waals surface area (Å²) in [5, 5.41) is 2.89. The van der Waals surface area contributed by atoms with Crippen molar-refractivity contribution in [3.8, 4) is 0 Å². The minimum Gasteiger partial charge on any atom is -0.326 e. The lowest BCUT2D eigenvalue weighted by Crippen LogP contribution is -2.14. The topological polar surface area (TPSA) is 29.1 Å². The molecule has 2 aromatic rings.